The first-order valence-corrected chi connectivity index (χ1v) is 5.44. The molecule has 2 amide bonds. The van der Waals surface area contributed by atoms with Crippen LogP contribution in [0.5, 0.6) is 5.75 Å². The van der Waals surface area contributed by atoms with E-state index in [0.29, 0.717) is 5.75 Å². The smallest absolute Gasteiger partial charge is 0.261 e. The van der Waals surface area contributed by atoms with Crippen molar-refractivity contribution in [2.45, 2.75) is 12.5 Å². The number of methoxy groups -OCH3 is 1. The molecule has 0 heterocycles. The number of rotatable bonds is 6. The van der Waals surface area contributed by atoms with Crippen molar-refractivity contribution in [2.24, 2.45) is 5.73 Å². The molecule has 1 unspecified atom stereocenters. The highest BCUT2D eigenvalue weighted by Crippen LogP contribution is 2.12. The van der Waals surface area contributed by atoms with E-state index in [9.17, 15) is 9.59 Å². The zero-order valence-corrected chi connectivity index (χ0v) is 10.1. The Morgan fingerprint density at radius 1 is 1.39 bits per heavy atom. The van der Waals surface area contributed by atoms with Crippen LogP contribution in [0.1, 0.15) is 5.56 Å². The van der Waals surface area contributed by atoms with Gasteiger partial charge in [0.15, 0.2) is 0 Å². The molecule has 1 radical (unpaired) electrons. The summed E-state index contributed by atoms with van der Waals surface area (Å²) in [4.78, 5) is 22.2. The topological polar surface area (TPSA) is 105 Å². The van der Waals surface area contributed by atoms with Gasteiger partial charge < -0.3 is 15.8 Å². The van der Waals surface area contributed by atoms with E-state index in [2.05, 4.69) is 5.32 Å². The fourth-order valence-corrected chi connectivity index (χ4v) is 1.46. The van der Waals surface area contributed by atoms with E-state index in [1.54, 1.807) is 31.4 Å². The van der Waals surface area contributed by atoms with Crippen LogP contribution in [0, 0.1) is 0 Å². The Morgan fingerprint density at radius 2 is 2.00 bits per heavy atom. The van der Waals surface area contributed by atoms with Gasteiger partial charge in [0.25, 0.3) is 5.91 Å². The van der Waals surface area contributed by atoms with Crippen molar-refractivity contribution in [3.05, 3.63) is 29.8 Å². The predicted octanol–water partition coefficient (Wildman–Crippen LogP) is -0.509. The second kappa shape index (κ2) is 6.61. The fourth-order valence-electron chi connectivity index (χ4n) is 1.46. The summed E-state index contributed by atoms with van der Waals surface area (Å²) >= 11 is 0. The van der Waals surface area contributed by atoms with Crippen LogP contribution < -0.4 is 21.5 Å². The van der Waals surface area contributed by atoms with Gasteiger partial charge in [0.1, 0.15) is 11.8 Å². The van der Waals surface area contributed by atoms with E-state index in [1.165, 1.54) is 0 Å². The number of nitrogens with two attached hydrogens (primary N) is 1. The lowest BCUT2D eigenvalue weighted by molar-refractivity contribution is -0.126. The first-order valence-electron chi connectivity index (χ1n) is 5.44. The molecular formula is C12H16N3O3. The van der Waals surface area contributed by atoms with Gasteiger partial charge in [0.2, 0.25) is 5.91 Å². The van der Waals surface area contributed by atoms with Gasteiger partial charge in [-0.2, -0.15) is 0 Å². The standard InChI is InChI=1S/C12H16N3O3/c1-18-9-4-2-8(3-5-9)6-10(12(14)17)15-11(16)7-13/h2-5,10,14H,6-7,13H2,1H3,(H,15,16). The lowest BCUT2D eigenvalue weighted by Crippen LogP contribution is -2.45. The van der Waals surface area contributed by atoms with Gasteiger partial charge in [0.05, 0.1) is 13.7 Å². The largest absolute Gasteiger partial charge is 0.497 e. The van der Waals surface area contributed by atoms with Gasteiger partial charge in [0, 0.05) is 6.42 Å². The molecule has 0 saturated carbocycles. The molecule has 6 heteroatoms. The van der Waals surface area contributed by atoms with Crippen molar-refractivity contribution in [1.29, 1.82) is 0 Å². The highest BCUT2D eigenvalue weighted by molar-refractivity contribution is 5.87. The van der Waals surface area contributed by atoms with Crippen LogP contribution in [0.2, 0.25) is 0 Å². The van der Waals surface area contributed by atoms with Gasteiger partial charge in [-0.1, -0.05) is 12.1 Å². The molecule has 0 aromatic heterocycles. The minimum absolute atomic E-state index is 0.202. The Labute approximate surface area is 105 Å². The Kier molecular flexibility index (Phi) is 5.13. The van der Waals surface area contributed by atoms with Gasteiger partial charge in [-0.05, 0) is 17.7 Å². The lowest BCUT2D eigenvalue weighted by atomic mass is 10.1. The highest BCUT2D eigenvalue weighted by atomic mass is 16.5. The predicted molar refractivity (Wildman–Crippen MR) is 65.8 cm³/mol. The summed E-state index contributed by atoms with van der Waals surface area (Å²) in [6.45, 7) is -0.202. The number of hydrogen-bond donors (Lipinski definition) is 2. The maximum absolute atomic E-state index is 11.1. The van der Waals surface area contributed by atoms with Crippen molar-refractivity contribution in [1.82, 2.24) is 11.1 Å². The number of nitrogens with one attached hydrogen (secondary N) is 2. The van der Waals surface area contributed by atoms with Crippen molar-refractivity contribution in [3.8, 4) is 5.75 Å². The van der Waals surface area contributed by atoms with Crippen LogP contribution in [-0.4, -0.2) is 31.5 Å². The average Bonchev–Trinajstić information content (AvgIpc) is 2.38. The Morgan fingerprint density at radius 3 is 2.44 bits per heavy atom. The lowest BCUT2D eigenvalue weighted by Gasteiger charge is -2.14. The number of benzene rings is 1. The van der Waals surface area contributed by atoms with E-state index in [-0.39, 0.29) is 13.0 Å². The summed E-state index contributed by atoms with van der Waals surface area (Å²) < 4.78 is 5.01. The summed E-state index contributed by atoms with van der Waals surface area (Å²) in [7, 11) is 1.56. The van der Waals surface area contributed by atoms with Crippen LogP contribution in [0.4, 0.5) is 0 Å². The van der Waals surface area contributed by atoms with E-state index < -0.39 is 17.9 Å². The number of amides is 2. The summed E-state index contributed by atoms with van der Waals surface area (Å²) in [5.41, 5.74) is 13.1. The third-order valence-electron chi connectivity index (χ3n) is 2.44. The summed E-state index contributed by atoms with van der Waals surface area (Å²) in [5.74, 6) is -0.583. The van der Waals surface area contributed by atoms with Crippen LogP contribution >= 0.6 is 0 Å². The molecule has 97 valence electrons. The van der Waals surface area contributed by atoms with Gasteiger partial charge in [-0.3, -0.25) is 15.3 Å². The number of carbonyl (C=O) groups is 2. The molecule has 0 aliphatic rings. The van der Waals surface area contributed by atoms with Crippen molar-refractivity contribution < 1.29 is 14.3 Å². The molecule has 1 rings (SSSR count). The third kappa shape index (κ3) is 4.06. The van der Waals surface area contributed by atoms with E-state index in [0.717, 1.165) is 5.56 Å². The van der Waals surface area contributed by atoms with E-state index in [4.69, 9.17) is 16.2 Å². The molecule has 4 N–H and O–H groups in total. The molecular weight excluding hydrogens is 234 g/mol. The number of hydrogen-bond acceptors (Lipinski definition) is 4. The third-order valence-corrected chi connectivity index (χ3v) is 2.44. The molecule has 0 spiro atoms. The molecule has 1 aromatic carbocycles. The normalized spacial score (nSPS) is 11.7. The van der Waals surface area contributed by atoms with E-state index in [1.807, 2.05) is 0 Å². The molecule has 1 atom stereocenters. The van der Waals surface area contributed by atoms with Crippen molar-refractivity contribution >= 4 is 11.8 Å². The minimum atomic E-state index is -0.866. The Bertz CT molecular complexity index is 417. The molecule has 1 aromatic rings. The van der Waals surface area contributed by atoms with Crippen LogP contribution in [-0.2, 0) is 16.0 Å². The molecule has 0 aliphatic heterocycles. The zero-order valence-electron chi connectivity index (χ0n) is 10.1. The van der Waals surface area contributed by atoms with Crippen LogP contribution in [0.25, 0.3) is 0 Å². The minimum Gasteiger partial charge on any atom is -0.497 e. The number of ether oxygens (including phenoxy) is 1. The maximum atomic E-state index is 11.1. The quantitative estimate of drug-likeness (QED) is 0.709. The average molecular weight is 250 g/mol. The summed E-state index contributed by atoms with van der Waals surface area (Å²) in [6, 6.07) is 6.21. The zero-order chi connectivity index (χ0) is 13.5. The first-order chi connectivity index (χ1) is 8.56. The Balaban J connectivity index is 2.70. The second-order valence-electron chi connectivity index (χ2n) is 3.74. The van der Waals surface area contributed by atoms with Crippen molar-refractivity contribution in [2.75, 3.05) is 13.7 Å². The Hall–Kier alpha value is -2.08. The summed E-state index contributed by atoms with van der Waals surface area (Å²) in [6.07, 6.45) is 0.262. The molecule has 0 bridgehead atoms. The molecule has 0 saturated heterocycles. The second-order valence-corrected chi connectivity index (χ2v) is 3.74. The fraction of sp³-hybridized carbons (Fsp3) is 0.333. The molecule has 0 fully saturated rings. The SMILES string of the molecule is COc1ccc(CC(NC(=O)CN)C([NH])=O)cc1. The van der Waals surface area contributed by atoms with Gasteiger partial charge >= 0.3 is 0 Å². The van der Waals surface area contributed by atoms with Gasteiger partial charge in [-0.25, -0.2) is 0 Å². The number of carbonyl (C=O) groups excluding carboxylic acids is 2. The molecule has 6 nitrogen and oxygen atoms in total. The van der Waals surface area contributed by atoms with Crippen molar-refractivity contribution in [3.63, 3.8) is 0 Å². The highest BCUT2D eigenvalue weighted by Gasteiger charge is 2.18. The molecule has 0 aliphatic carbocycles. The maximum Gasteiger partial charge on any atom is 0.261 e. The van der Waals surface area contributed by atoms with Crippen LogP contribution in [0.15, 0.2) is 24.3 Å². The van der Waals surface area contributed by atoms with Crippen LogP contribution in [0.3, 0.4) is 0 Å². The monoisotopic (exact) mass is 250 g/mol. The molecule has 18 heavy (non-hydrogen) atoms. The summed E-state index contributed by atoms with van der Waals surface area (Å²) in [5, 5.41) is 2.41. The first kappa shape index (κ1) is 14.0. The van der Waals surface area contributed by atoms with Gasteiger partial charge in [-0.15, -0.1) is 0 Å². The van der Waals surface area contributed by atoms with E-state index >= 15 is 0 Å².